The zero-order valence-corrected chi connectivity index (χ0v) is 15.4. The highest BCUT2D eigenvalue weighted by molar-refractivity contribution is 6.31. The van der Waals surface area contributed by atoms with Gasteiger partial charge in [0.1, 0.15) is 0 Å². The van der Waals surface area contributed by atoms with Crippen molar-refractivity contribution < 1.29 is 9.59 Å². The normalized spacial score (nSPS) is 10.6. The first-order chi connectivity index (χ1) is 11.9. The third-order valence-electron chi connectivity index (χ3n) is 3.66. The lowest BCUT2D eigenvalue weighted by Gasteiger charge is -2.11. The standard InChI is InChI=1S/C19H22ClN3O2/c1-13-7-8-16(12-17(13)20)22-19(25)15-6-4-5-14(11-15)18(24)21-9-10-23(2)3/h4-8,11-12H,9-10H2,1-3H3,(H,21,24)(H,22,25). The molecule has 5 nitrogen and oxygen atoms in total. The monoisotopic (exact) mass is 359 g/mol. The van der Waals surface area contributed by atoms with Crippen LogP contribution in [0.5, 0.6) is 0 Å². The van der Waals surface area contributed by atoms with Crippen LogP contribution < -0.4 is 10.6 Å². The Morgan fingerprint density at radius 1 is 1.04 bits per heavy atom. The average molecular weight is 360 g/mol. The molecule has 0 fully saturated rings. The fourth-order valence-electron chi connectivity index (χ4n) is 2.17. The molecule has 0 saturated heterocycles. The van der Waals surface area contributed by atoms with Crippen molar-refractivity contribution in [3.8, 4) is 0 Å². The van der Waals surface area contributed by atoms with Crippen LogP contribution in [0.25, 0.3) is 0 Å². The van der Waals surface area contributed by atoms with Gasteiger partial charge < -0.3 is 15.5 Å². The number of benzene rings is 2. The van der Waals surface area contributed by atoms with E-state index in [2.05, 4.69) is 10.6 Å². The molecular formula is C19H22ClN3O2. The van der Waals surface area contributed by atoms with Gasteiger partial charge in [0.2, 0.25) is 0 Å². The van der Waals surface area contributed by atoms with Crippen LogP contribution in [0.1, 0.15) is 26.3 Å². The second-order valence-corrected chi connectivity index (χ2v) is 6.47. The Kier molecular flexibility index (Phi) is 6.56. The van der Waals surface area contributed by atoms with Crippen molar-refractivity contribution >= 4 is 29.1 Å². The van der Waals surface area contributed by atoms with Crippen molar-refractivity contribution in [1.29, 1.82) is 0 Å². The second-order valence-electron chi connectivity index (χ2n) is 6.06. The van der Waals surface area contributed by atoms with Gasteiger partial charge in [0.05, 0.1) is 0 Å². The smallest absolute Gasteiger partial charge is 0.255 e. The summed E-state index contributed by atoms with van der Waals surface area (Å²) in [5.74, 6) is -0.488. The first kappa shape index (κ1) is 19.0. The molecule has 0 aliphatic carbocycles. The summed E-state index contributed by atoms with van der Waals surface area (Å²) in [7, 11) is 3.88. The molecule has 0 unspecified atom stereocenters. The molecule has 25 heavy (non-hydrogen) atoms. The summed E-state index contributed by atoms with van der Waals surface area (Å²) in [5, 5.41) is 6.21. The van der Waals surface area contributed by atoms with E-state index in [0.29, 0.717) is 28.4 Å². The minimum Gasteiger partial charge on any atom is -0.351 e. The van der Waals surface area contributed by atoms with E-state index in [9.17, 15) is 9.59 Å². The summed E-state index contributed by atoms with van der Waals surface area (Å²) in [6.07, 6.45) is 0. The number of hydrogen-bond donors (Lipinski definition) is 2. The highest BCUT2D eigenvalue weighted by atomic mass is 35.5. The molecule has 0 radical (unpaired) electrons. The largest absolute Gasteiger partial charge is 0.351 e. The highest BCUT2D eigenvalue weighted by Gasteiger charge is 2.11. The summed E-state index contributed by atoms with van der Waals surface area (Å²) < 4.78 is 0. The summed E-state index contributed by atoms with van der Waals surface area (Å²) >= 11 is 6.07. The van der Waals surface area contributed by atoms with Gasteiger partial charge in [0.25, 0.3) is 11.8 Å². The molecule has 0 saturated carbocycles. The molecule has 2 aromatic rings. The molecule has 0 bridgehead atoms. The molecule has 0 heterocycles. The van der Waals surface area contributed by atoms with Crippen LogP contribution in [0.2, 0.25) is 5.02 Å². The zero-order chi connectivity index (χ0) is 18.4. The molecule has 0 aliphatic rings. The maximum atomic E-state index is 12.4. The molecule has 2 aromatic carbocycles. The Morgan fingerprint density at radius 3 is 2.36 bits per heavy atom. The van der Waals surface area contributed by atoms with E-state index in [1.807, 2.05) is 32.0 Å². The number of amides is 2. The van der Waals surface area contributed by atoms with Crippen LogP contribution in [0, 0.1) is 6.92 Å². The van der Waals surface area contributed by atoms with Crippen LogP contribution in [0.4, 0.5) is 5.69 Å². The Balaban J connectivity index is 2.05. The fraction of sp³-hybridized carbons (Fsp3) is 0.263. The van der Waals surface area contributed by atoms with Gasteiger partial charge in [-0.3, -0.25) is 9.59 Å². The lowest BCUT2D eigenvalue weighted by atomic mass is 10.1. The Morgan fingerprint density at radius 2 is 1.72 bits per heavy atom. The van der Waals surface area contributed by atoms with E-state index < -0.39 is 0 Å². The number of halogens is 1. The lowest BCUT2D eigenvalue weighted by Crippen LogP contribution is -2.31. The molecule has 132 valence electrons. The predicted molar refractivity (Wildman–Crippen MR) is 101 cm³/mol. The van der Waals surface area contributed by atoms with Crippen molar-refractivity contribution in [3.63, 3.8) is 0 Å². The minimum atomic E-state index is -0.289. The van der Waals surface area contributed by atoms with E-state index >= 15 is 0 Å². The molecular weight excluding hydrogens is 338 g/mol. The van der Waals surface area contributed by atoms with Crippen molar-refractivity contribution in [2.24, 2.45) is 0 Å². The summed E-state index contributed by atoms with van der Waals surface area (Å²) in [6, 6.07) is 12.0. The van der Waals surface area contributed by atoms with Crippen LogP contribution in [-0.4, -0.2) is 43.9 Å². The Labute approximate surface area is 153 Å². The molecule has 0 atom stereocenters. The van der Waals surface area contributed by atoms with E-state index in [1.54, 1.807) is 36.4 Å². The number of hydrogen-bond acceptors (Lipinski definition) is 3. The van der Waals surface area contributed by atoms with Crippen LogP contribution in [0.15, 0.2) is 42.5 Å². The number of aryl methyl sites for hydroxylation is 1. The molecule has 0 aliphatic heterocycles. The topological polar surface area (TPSA) is 61.4 Å². The summed E-state index contributed by atoms with van der Waals surface area (Å²) in [5.41, 5.74) is 2.42. The number of rotatable bonds is 6. The van der Waals surface area contributed by atoms with Crippen molar-refractivity contribution in [2.75, 3.05) is 32.5 Å². The Bertz CT molecular complexity index is 775. The molecule has 6 heteroatoms. The minimum absolute atomic E-state index is 0.199. The van der Waals surface area contributed by atoms with E-state index in [-0.39, 0.29) is 11.8 Å². The quantitative estimate of drug-likeness (QED) is 0.832. The second kappa shape index (κ2) is 8.65. The first-order valence-corrected chi connectivity index (χ1v) is 8.35. The lowest BCUT2D eigenvalue weighted by molar-refractivity contribution is 0.0951. The molecule has 2 rings (SSSR count). The molecule has 0 aromatic heterocycles. The zero-order valence-electron chi connectivity index (χ0n) is 14.6. The number of likely N-dealkylation sites (N-methyl/N-ethyl adjacent to an activating group) is 1. The van der Waals surface area contributed by atoms with Crippen LogP contribution >= 0.6 is 11.6 Å². The van der Waals surface area contributed by atoms with E-state index in [1.165, 1.54) is 0 Å². The molecule has 0 spiro atoms. The van der Waals surface area contributed by atoms with Gasteiger partial charge in [-0.1, -0.05) is 23.7 Å². The van der Waals surface area contributed by atoms with Gasteiger partial charge in [-0.25, -0.2) is 0 Å². The summed E-state index contributed by atoms with van der Waals surface area (Å²) in [6.45, 7) is 3.19. The maximum Gasteiger partial charge on any atom is 0.255 e. The predicted octanol–water partition coefficient (Wildman–Crippen LogP) is 3.19. The van der Waals surface area contributed by atoms with Crippen molar-refractivity contribution in [1.82, 2.24) is 10.2 Å². The SMILES string of the molecule is Cc1ccc(NC(=O)c2cccc(C(=O)NCCN(C)C)c2)cc1Cl. The van der Waals surface area contributed by atoms with Crippen LogP contribution in [-0.2, 0) is 0 Å². The highest BCUT2D eigenvalue weighted by Crippen LogP contribution is 2.20. The number of nitrogens with zero attached hydrogens (tertiary/aromatic N) is 1. The molecule has 2 N–H and O–H groups in total. The van der Waals surface area contributed by atoms with Gasteiger partial charge in [-0.15, -0.1) is 0 Å². The Hall–Kier alpha value is -2.37. The van der Waals surface area contributed by atoms with Gasteiger partial charge in [0.15, 0.2) is 0 Å². The van der Waals surface area contributed by atoms with E-state index in [4.69, 9.17) is 11.6 Å². The van der Waals surface area contributed by atoms with E-state index in [0.717, 1.165) is 12.1 Å². The van der Waals surface area contributed by atoms with Crippen molar-refractivity contribution in [3.05, 3.63) is 64.2 Å². The van der Waals surface area contributed by atoms with Gasteiger partial charge >= 0.3 is 0 Å². The number of anilines is 1. The third-order valence-corrected chi connectivity index (χ3v) is 4.07. The van der Waals surface area contributed by atoms with Gasteiger partial charge in [0, 0.05) is 34.9 Å². The number of carbonyl (C=O) groups excluding carboxylic acids is 2. The third kappa shape index (κ3) is 5.59. The van der Waals surface area contributed by atoms with Gasteiger partial charge in [-0.2, -0.15) is 0 Å². The maximum absolute atomic E-state index is 12.4. The molecule has 2 amide bonds. The number of nitrogens with one attached hydrogen (secondary N) is 2. The van der Waals surface area contributed by atoms with Gasteiger partial charge in [-0.05, 0) is 56.9 Å². The summed E-state index contributed by atoms with van der Waals surface area (Å²) in [4.78, 5) is 26.5. The fourth-order valence-corrected chi connectivity index (χ4v) is 2.35. The average Bonchev–Trinajstić information content (AvgIpc) is 2.58. The van der Waals surface area contributed by atoms with Crippen molar-refractivity contribution in [2.45, 2.75) is 6.92 Å². The van der Waals surface area contributed by atoms with Crippen LogP contribution in [0.3, 0.4) is 0 Å². The first-order valence-electron chi connectivity index (χ1n) is 7.97. The number of carbonyl (C=O) groups is 2.